The van der Waals surface area contributed by atoms with Gasteiger partial charge >= 0.3 is 6.18 Å². The first-order valence-electron chi connectivity index (χ1n) is 11.4. The van der Waals surface area contributed by atoms with Gasteiger partial charge in [0.25, 0.3) is 0 Å². The highest BCUT2D eigenvalue weighted by molar-refractivity contribution is 7.08. The molecule has 0 atom stereocenters. The summed E-state index contributed by atoms with van der Waals surface area (Å²) in [5.41, 5.74) is 2.22. The van der Waals surface area contributed by atoms with E-state index < -0.39 is 11.9 Å². The first kappa shape index (κ1) is 22.8. The number of rotatable bonds is 6. The number of halogens is 3. The zero-order valence-corrected chi connectivity index (χ0v) is 19.4. The lowest BCUT2D eigenvalue weighted by molar-refractivity contribution is -0.140. The van der Waals surface area contributed by atoms with Gasteiger partial charge in [0.1, 0.15) is 11.5 Å². The summed E-state index contributed by atoms with van der Waals surface area (Å²) in [6.07, 6.45) is 0.0808. The van der Waals surface area contributed by atoms with E-state index in [0.29, 0.717) is 22.3 Å². The molecular weight excluding hydrogens is 457 g/mol. The second kappa shape index (κ2) is 9.72. The quantitative estimate of drug-likeness (QED) is 0.341. The fraction of sp³-hybridized carbons (Fsp3) is 0.308. The second-order valence-corrected chi connectivity index (χ2v) is 9.40. The molecule has 0 unspecified atom stereocenters. The molecule has 5 rings (SSSR count). The number of pyridine rings is 2. The summed E-state index contributed by atoms with van der Waals surface area (Å²) in [5, 5.41) is 7.90. The number of piperidine rings is 1. The van der Waals surface area contributed by atoms with Gasteiger partial charge in [-0.25, -0.2) is 9.97 Å². The van der Waals surface area contributed by atoms with Gasteiger partial charge in [0.05, 0.1) is 5.52 Å². The molecule has 1 aliphatic heterocycles. The van der Waals surface area contributed by atoms with Crippen LogP contribution in [0.5, 0.6) is 0 Å². The Balaban J connectivity index is 1.32. The minimum Gasteiger partial charge on any atom is -0.367 e. The van der Waals surface area contributed by atoms with Crippen molar-refractivity contribution >= 4 is 28.1 Å². The Kier molecular flexibility index (Phi) is 6.52. The topological polar surface area (TPSA) is 41.0 Å². The molecule has 1 saturated heterocycles. The van der Waals surface area contributed by atoms with E-state index >= 15 is 0 Å². The molecule has 0 aliphatic carbocycles. The summed E-state index contributed by atoms with van der Waals surface area (Å²) in [7, 11) is 0. The average molecular weight is 483 g/mol. The van der Waals surface area contributed by atoms with Gasteiger partial charge in [0, 0.05) is 42.8 Å². The normalized spacial score (nSPS) is 15.6. The number of likely N-dealkylation sites (tertiary alicyclic amines) is 1. The van der Waals surface area contributed by atoms with Crippen molar-refractivity contribution in [2.75, 3.05) is 25.0 Å². The molecule has 0 spiro atoms. The Labute approximate surface area is 200 Å². The average Bonchev–Trinajstić information content (AvgIpc) is 3.38. The van der Waals surface area contributed by atoms with E-state index in [2.05, 4.69) is 44.5 Å². The first-order valence-corrected chi connectivity index (χ1v) is 12.3. The molecule has 4 aromatic rings. The zero-order chi connectivity index (χ0) is 23.5. The van der Waals surface area contributed by atoms with Crippen LogP contribution >= 0.6 is 11.3 Å². The fourth-order valence-corrected chi connectivity index (χ4v) is 5.10. The number of hydrogen-bond acceptors (Lipinski definition) is 5. The van der Waals surface area contributed by atoms with Crippen LogP contribution in [-0.2, 0) is 12.6 Å². The van der Waals surface area contributed by atoms with Crippen molar-refractivity contribution in [3.05, 3.63) is 76.7 Å². The molecule has 34 heavy (non-hydrogen) atoms. The van der Waals surface area contributed by atoms with Crippen molar-refractivity contribution in [1.29, 1.82) is 0 Å². The monoisotopic (exact) mass is 482 g/mol. The molecule has 4 nitrogen and oxygen atoms in total. The Bertz CT molecular complexity index is 1230. The second-order valence-electron chi connectivity index (χ2n) is 8.62. The van der Waals surface area contributed by atoms with Crippen LogP contribution in [0.15, 0.2) is 65.5 Å². The third-order valence-corrected chi connectivity index (χ3v) is 7.02. The number of nitrogens with one attached hydrogen (secondary N) is 1. The Hall–Kier alpha value is -2.97. The Morgan fingerprint density at radius 2 is 1.82 bits per heavy atom. The molecule has 1 aliphatic rings. The largest absolute Gasteiger partial charge is 0.433 e. The molecule has 1 fully saturated rings. The van der Waals surface area contributed by atoms with Gasteiger partial charge in [-0.15, -0.1) is 0 Å². The maximum atomic E-state index is 13.4. The highest BCUT2D eigenvalue weighted by Crippen LogP contribution is 2.35. The Morgan fingerprint density at radius 3 is 2.53 bits per heavy atom. The molecule has 0 radical (unpaired) electrons. The summed E-state index contributed by atoms with van der Waals surface area (Å²) >= 11 is 1.49. The number of aromatic nitrogens is 2. The maximum absolute atomic E-state index is 13.4. The molecule has 1 aromatic carbocycles. The minimum atomic E-state index is -4.50. The van der Waals surface area contributed by atoms with Crippen molar-refractivity contribution in [3.8, 4) is 11.1 Å². The number of fused-ring (bicyclic) bond motifs is 1. The summed E-state index contributed by atoms with van der Waals surface area (Å²) in [6, 6.07) is 15.1. The molecule has 176 valence electrons. The predicted molar refractivity (Wildman–Crippen MR) is 131 cm³/mol. The van der Waals surface area contributed by atoms with Crippen molar-refractivity contribution in [1.82, 2.24) is 14.9 Å². The number of nitrogens with zero attached hydrogens (tertiary/aromatic N) is 3. The van der Waals surface area contributed by atoms with E-state index in [1.165, 1.54) is 23.0 Å². The van der Waals surface area contributed by atoms with E-state index in [0.717, 1.165) is 50.5 Å². The van der Waals surface area contributed by atoms with Crippen molar-refractivity contribution in [3.63, 3.8) is 0 Å². The van der Waals surface area contributed by atoms with Crippen molar-refractivity contribution in [2.45, 2.75) is 31.5 Å². The van der Waals surface area contributed by atoms with Gasteiger partial charge < -0.3 is 10.2 Å². The first-order chi connectivity index (χ1) is 16.5. The summed E-state index contributed by atoms with van der Waals surface area (Å²) < 4.78 is 40.1. The summed E-state index contributed by atoms with van der Waals surface area (Å²) in [4.78, 5) is 11.1. The molecule has 0 amide bonds. The Morgan fingerprint density at radius 1 is 1.03 bits per heavy atom. The van der Waals surface area contributed by atoms with Crippen molar-refractivity contribution in [2.24, 2.45) is 0 Å². The lowest BCUT2D eigenvalue weighted by Crippen LogP contribution is -2.40. The molecular formula is C26H25F3N4S. The fourth-order valence-electron chi connectivity index (χ4n) is 4.44. The van der Waals surface area contributed by atoms with Crippen LogP contribution < -0.4 is 5.32 Å². The molecule has 1 N–H and O–H groups in total. The highest BCUT2D eigenvalue weighted by Gasteiger charge is 2.33. The van der Waals surface area contributed by atoms with Crippen LogP contribution in [0.1, 0.15) is 24.1 Å². The van der Waals surface area contributed by atoms with Gasteiger partial charge in [-0.3, -0.25) is 0 Å². The number of thiophene rings is 1. The van der Waals surface area contributed by atoms with E-state index in [1.807, 2.05) is 22.9 Å². The minimum absolute atomic E-state index is 0.220. The number of hydrogen-bond donors (Lipinski definition) is 1. The van der Waals surface area contributed by atoms with Gasteiger partial charge in [-0.05, 0) is 59.3 Å². The van der Waals surface area contributed by atoms with E-state index in [9.17, 15) is 13.2 Å². The van der Waals surface area contributed by atoms with Crippen LogP contribution in [0.25, 0.3) is 22.0 Å². The van der Waals surface area contributed by atoms with E-state index in [-0.39, 0.29) is 6.04 Å². The number of alkyl halides is 3. The summed E-state index contributed by atoms with van der Waals surface area (Å²) in [5.74, 6) is 0.595. The lowest BCUT2D eigenvalue weighted by atomic mass is 10.0. The third kappa shape index (κ3) is 5.08. The molecule has 4 heterocycles. The van der Waals surface area contributed by atoms with Gasteiger partial charge in [0.15, 0.2) is 0 Å². The third-order valence-electron chi connectivity index (χ3n) is 6.34. The van der Waals surface area contributed by atoms with Crippen LogP contribution in [0.2, 0.25) is 0 Å². The van der Waals surface area contributed by atoms with Crippen LogP contribution in [0.4, 0.5) is 19.0 Å². The predicted octanol–water partition coefficient (Wildman–Crippen LogP) is 6.50. The smallest absolute Gasteiger partial charge is 0.367 e. The number of benzene rings is 1. The molecule has 8 heteroatoms. The van der Waals surface area contributed by atoms with E-state index in [4.69, 9.17) is 0 Å². The zero-order valence-electron chi connectivity index (χ0n) is 18.6. The van der Waals surface area contributed by atoms with E-state index in [1.54, 1.807) is 6.20 Å². The molecule has 0 saturated carbocycles. The van der Waals surface area contributed by atoms with Gasteiger partial charge in [-0.2, -0.15) is 24.5 Å². The van der Waals surface area contributed by atoms with Gasteiger partial charge in [-0.1, -0.05) is 30.3 Å². The SMILES string of the molecule is FC(F)(F)c1ccc2c(NC3CCN(CCc4ccccc4)CC3)ncc(-c3ccsc3)c2n1. The van der Waals surface area contributed by atoms with Crippen LogP contribution in [0, 0.1) is 0 Å². The van der Waals surface area contributed by atoms with Crippen molar-refractivity contribution < 1.29 is 13.2 Å². The molecule has 0 bridgehead atoms. The standard InChI is InChI=1S/C26H25F3N4S/c27-26(28,29)23-7-6-21-24(32-23)22(19-11-15-34-17-19)16-30-25(21)31-20-9-13-33(14-10-20)12-8-18-4-2-1-3-5-18/h1-7,11,15-17,20H,8-10,12-14H2,(H,30,31). The number of anilines is 1. The maximum Gasteiger partial charge on any atom is 0.433 e. The van der Waals surface area contributed by atoms with Crippen LogP contribution in [-0.4, -0.2) is 40.5 Å². The molecule has 3 aromatic heterocycles. The van der Waals surface area contributed by atoms with Crippen LogP contribution in [0.3, 0.4) is 0 Å². The summed E-state index contributed by atoms with van der Waals surface area (Å²) in [6.45, 7) is 2.98. The highest BCUT2D eigenvalue weighted by atomic mass is 32.1. The lowest BCUT2D eigenvalue weighted by Gasteiger charge is -2.32. The van der Waals surface area contributed by atoms with Gasteiger partial charge in [0.2, 0.25) is 0 Å².